The molecule has 2 heterocycles. The zero-order chi connectivity index (χ0) is 16.2. The number of nitrogens with one attached hydrogen (secondary N) is 1. The van der Waals surface area contributed by atoms with Gasteiger partial charge in [-0.2, -0.15) is 0 Å². The van der Waals surface area contributed by atoms with Crippen LogP contribution in [-0.4, -0.2) is 28.7 Å². The molecule has 2 aromatic rings. The monoisotopic (exact) mass is 325 g/mol. The molecule has 0 radical (unpaired) electrons. The van der Waals surface area contributed by atoms with E-state index in [1.54, 1.807) is 0 Å². The summed E-state index contributed by atoms with van der Waals surface area (Å²) in [4.78, 5) is 4.73. The molecule has 4 nitrogen and oxygen atoms in total. The SMILES string of the molecule is c1ccc(-c2cn3c(n2)CO[C@@H](CNCC2CCCCC2)C3)cc1. The van der Waals surface area contributed by atoms with Crippen molar-refractivity contribution in [2.24, 2.45) is 5.92 Å². The number of hydrogen-bond donors (Lipinski definition) is 1. The van der Waals surface area contributed by atoms with E-state index in [-0.39, 0.29) is 6.10 Å². The summed E-state index contributed by atoms with van der Waals surface area (Å²) in [5.74, 6) is 1.91. The number of ether oxygens (including phenoxy) is 1. The Bertz CT molecular complexity index is 646. The van der Waals surface area contributed by atoms with Gasteiger partial charge in [0.1, 0.15) is 12.4 Å². The maximum absolute atomic E-state index is 6.00. The summed E-state index contributed by atoms with van der Waals surface area (Å²) in [6.45, 7) is 3.59. The minimum atomic E-state index is 0.249. The summed E-state index contributed by atoms with van der Waals surface area (Å²) in [6.07, 6.45) is 9.45. The largest absolute Gasteiger partial charge is 0.367 e. The van der Waals surface area contributed by atoms with Crippen LogP contribution in [0.3, 0.4) is 0 Å². The van der Waals surface area contributed by atoms with Gasteiger partial charge in [0.15, 0.2) is 0 Å². The predicted octanol–water partition coefficient (Wildman–Crippen LogP) is 3.62. The highest BCUT2D eigenvalue weighted by molar-refractivity contribution is 5.58. The van der Waals surface area contributed by atoms with E-state index in [9.17, 15) is 0 Å². The van der Waals surface area contributed by atoms with Crippen LogP contribution in [0.1, 0.15) is 37.9 Å². The average molecular weight is 325 g/mol. The molecular formula is C20H27N3O. The van der Waals surface area contributed by atoms with Crippen molar-refractivity contribution in [1.82, 2.24) is 14.9 Å². The number of nitrogens with zero attached hydrogens (tertiary/aromatic N) is 2. The highest BCUT2D eigenvalue weighted by atomic mass is 16.5. The molecule has 0 spiro atoms. The Morgan fingerprint density at radius 2 is 1.92 bits per heavy atom. The highest BCUT2D eigenvalue weighted by Crippen LogP contribution is 2.24. The smallest absolute Gasteiger partial charge is 0.135 e. The molecule has 1 atom stereocenters. The van der Waals surface area contributed by atoms with Crippen molar-refractivity contribution in [1.29, 1.82) is 0 Å². The number of hydrogen-bond acceptors (Lipinski definition) is 3. The molecule has 2 aliphatic rings. The Kier molecular flexibility index (Phi) is 4.95. The Hall–Kier alpha value is -1.65. The third-order valence-corrected chi connectivity index (χ3v) is 5.31. The van der Waals surface area contributed by atoms with Crippen molar-refractivity contribution >= 4 is 0 Å². The molecular weight excluding hydrogens is 298 g/mol. The van der Waals surface area contributed by atoms with Crippen molar-refractivity contribution < 1.29 is 4.74 Å². The molecule has 1 N–H and O–H groups in total. The number of benzene rings is 1. The lowest BCUT2D eigenvalue weighted by Gasteiger charge is -2.26. The molecule has 1 saturated carbocycles. The van der Waals surface area contributed by atoms with E-state index >= 15 is 0 Å². The molecule has 24 heavy (non-hydrogen) atoms. The van der Waals surface area contributed by atoms with E-state index in [0.717, 1.165) is 37.1 Å². The normalized spacial score (nSPS) is 21.6. The minimum Gasteiger partial charge on any atom is -0.367 e. The van der Waals surface area contributed by atoms with Crippen LogP contribution in [0.5, 0.6) is 0 Å². The fourth-order valence-electron chi connectivity index (χ4n) is 3.90. The molecule has 0 bridgehead atoms. The fraction of sp³-hybridized carbons (Fsp3) is 0.550. The van der Waals surface area contributed by atoms with Crippen molar-refractivity contribution in [2.45, 2.75) is 51.4 Å². The predicted molar refractivity (Wildman–Crippen MR) is 95.7 cm³/mol. The summed E-state index contributed by atoms with van der Waals surface area (Å²) in [6, 6.07) is 10.4. The quantitative estimate of drug-likeness (QED) is 0.912. The second-order valence-electron chi connectivity index (χ2n) is 7.16. The fourth-order valence-corrected chi connectivity index (χ4v) is 3.90. The summed E-state index contributed by atoms with van der Waals surface area (Å²) in [5, 5.41) is 3.64. The third-order valence-electron chi connectivity index (χ3n) is 5.31. The van der Waals surface area contributed by atoms with Gasteiger partial charge in [0.2, 0.25) is 0 Å². The first-order valence-electron chi connectivity index (χ1n) is 9.32. The lowest BCUT2D eigenvalue weighted by molar-refractivity contribution is 0.00238. The summed E-state index contributed by atoms with van der Waals surface area (Å²) >= 11 is 0. The average Bonchev–Trinajstić information content (AvgIpc) is 3.07. The highest BCUT2D eigenvalue weighted by Gasteiger charge is 2.21. The van der Waals surface area contributed by atoms with Crippen LogP contribution >= 0.6 is 0 Å². The molecule has 0 unspecified atom stereocenters. The Labute approximate surface area is 144 Å². The first-order chi connectivity index (χ1) is 11.9. The van der Waals surface area contributed by atoms with Gasteiger partial charge in [-0.05, 0) is 25.3 Å². The van der Waals surface area contributed by atoms with Crippen LogP contribution in [0.15, 0.2) is 36.5 Å². The van der Waals surface area contributed by atoms with Gasteiger partial charge >= 0.3 is 0 Å². The number of rotatable bonds is 5. The van der Waals surface area contributed by atoms with Crippen LogP contribution in [0.4, 0.5) is 0 Å². The maximum atomic E-state index is 6.00. The van der Waals surface area contributed by atoms with Gasteiger partial charge in [-0.1, -0.05) is 49.6 Å². The van der Waals surface area contributed by atoms with E-state index in [2.05, 4.69) is 40.3 Å². The molecule has 1 aliphatic heterocycles. The maximum Gasteiger partial charge on any atom is 0.135 e. The van der Waals surface area contributed by atoms with Gasteiger partial charge in [-0.25, -0.2) is 4.98 Å². The molecule has 4 heteroatoms. The van der Waals surface area contributed by atoms with E-state index in [4.69, 9.17) is 9.72 Å². The zero-order valence-electron chi connectivity index (χ0n) is 14.3. The van der Waals surface area contributed by atoms with E-state index in [1.807, 2.05) is 6.07 Å². The lowest BCUT2D eigenvalue weighted by Crippen LogP contribution is -2.38. The van der Waals surface area contributed by atoms with Gasteiger partial charge in [-0.3, -0.25) is 0 Å². The van der Waals surface area contributed by atoms with Crippen LogP contribution in [0, 0.1) is 5.92 Å². The molecule has 4 rings (SSSR count). The topological polar surface area (TPSA) is 39.1 Å². The first kappa shape index (κ1) is 15.9. The van der Waals surface area contributed by atoms with Crippen LogP contribution in [0.25, 0.3) is 11.3 Å². The molecule has 128 valence electrons. The van der Waals surface area contributed by atoms with Crippen molar-refractivity contribution in [2.75, 3.05) is 13.1 Å². The van der Waals surface area contributed by atoms with Crippen molar-refractivity contribution in [3.63, 3.8) is 0 Å². The van der Waals surface area contributed by atoms with Crippen molar-refractivity contribution in [3.05, 3.63) is 42.4 Å². The van der Waals surface area contributed by atoms with Gasteiger partial charge in [0, 0.05) is 18.3 Å². The van der Waals surface area contributed by atoms with E-state index < -0.39 is 0 Å². The third kappa shape index (κ3) is 3.70. The zero-order valence-corrected chi connectivity index (χ0v) is 14.3. The molecule has 1 aliphatic carbocycles. The van der Waals surface area contributed by atoms with Crippen molar-refractivity contribution in [3.8, 4) is 11.3 Å². The van der Waals surface area contributed by atoms with E-state index in [0.29, 0.717) is 6.61 Å². The summed E-state index contributed by atoms with van der Waals surface area (Å²) < 4.78 is 8.26. The molecule has 0 saturated heterocycles. The van der Waals surface area contributed by atoms with Gasteiger partial charge in [-0.15, -0.1) is 0 Å². The Morgan fingerprint density at radius 1 is 1.08 bits per heavy atom. The molecule has 1 aromatic heterocycles. The minimum absolute atomic E-state index is 0.249. The van der Waals surface area contributed by atoms with E-state index in [1.165, 1.54) is 37.7 Å². The Balaban J connectivity index is 1.31. The second kappa shape index (κ2) is 7.49. The molecule has 1 fully saturated rings. The standard InChI is InChI=1S/C20H27N3O/c1-3-7-16(8-4-1)11-21-12-18-13-23-14-19(22-20(23)15-24-18)17-9-5-2-6-10-17/h2,5-6,9-10,14,16,18,21H,1,3-4,7-8,11-13,15H2/t18-/m0/s1. The van der Waals surface area contributed by atoms with Crippen LogP contribution in [-0.2, 0) is 17.9 Å². The van der Waals surface area contributed by atoms with Gasteiger partial charge in [0.25, 0.3) is 0 Å². The molecule has 0 amide bonds. The summed E-state index contributed by atoms with van der Waals surface area (Å²) in [5.41, 5.74) is 2.22. The summed E-state index contributed by atoms with van der Waals surface area (Å²) in [7, 11) is 0. The lowest BCUT2D eigenvalue weighted by atomic mass is 9.89. The Morgan fingerprint density at radius 3 is 2.75 bits per heavy atom. The first-order valence-corrected chi connectivity index (χ1v) is 9.32. The number of imidazole rings is 1. The van der Waals surface area contributed by atoms with Crippen LogP contribution in [0.2, 0.25) is 0 Å². The number of fused-ring (bicyclic) bond motifs is 1. The van der Waals surface area contributed by atoms with Gasteiger partial charge in [0.05, 0.1) is 18.3 Å². The molecule has 1 aromatic carbocycles. The second-order valence-corrected chi connectivity index (χ2v) is 7.16. The number of aromatic nitrogens is 2. The van der Waals surface area contributed by atoms with Crippen LogP contribution < -0.4 is 5.32 Å². The van der Waals surface area contributed by atoms with Gasteiger partial charge < -0.3 is 14.6 Å².